The van der Waals surface area contributed by atoms with E-state index >= 15 is 0 Å². The van der Waals surface area contributed by atoms with Gasteiger partial charge in [-0.15, -0.1) is 0 Å². The zero-order chi connectivity index (χ0) is 12.0. The number of nitrogens with one attached hydrogen (secondary N) is 1. The molecule has 0 aromatic heterocycles. The molecule has 0 saturated heterocycles. The first-order valence-corrected chi connectivity index (χ1v) is 5.41. The molecule has 0 amide bonds. The van der Waals surface area contributed by atoms with Crippen LogP contribution in [0.3, 0.4) is 0 Å². The quantitative estimate of drug-likeness (QED) is 0.824. The molecule has 1 unspecified atom stereocenters. The highest BCUT2D eigenvalue weighted by Crippen LogP contribution is 2.19. The SMILES string of the molecule is COc1ccc(C)cc1CNCC(C)C#N. The average Bonchev–Trinajstić information content (AvgIpc) is 2.29. The van der Waals surface area contributed by atoms with Gasteiger partial charge in [-0.1, -0.05) is 17.7 Å². The van der Waals surface area contributed by atoms with Gasteiger partial charge in [0, 0.05) is 18.7 Å². The van der Waals surface area contributed by atoms with Crippen molar-refractivity contribution in [2.45, 2.75) is 20.4 Å². The summed E-state index contributed by atoms with van der Waals surface area (Å²) < 4.78 is 5.28. The molecule has 0 aliphatic heterocycles. The maximum Gasteiger partial charge on any atom is 0.123 e. The van der Waals surface area contributed by atoms with Crippen molar-refractivity contribution in [3.05, 3.63) is 29.3 Å². The monoisotopic (exact) mass is 218 g/mol. The van der Waals surface area contributed by atoms with Crippen LogP contribution in [0.1, 0.15) is 18.1 Å². The number of aryl methyl sites for hydroxylation is 1. The van der Waals surface area contributed by atoms with Crippen LogP contribution < -0.4 is 10.1 Å². The Morgan fingerprint density at radius 2 is 2.25 bits per heavy atom. The van der Waals surface area contributed by atoms with Crippen LogP contribution in [0.25, 0.3) is 0 Å². The molecule has 16 heavy (non-hydrogen) atoms. The largest absolute Gasteiger partial charge is 0.496 e. The van der Waals surface area contributed by atoms with Crippen LogP contribution in [0.15, 0.2) is 18.2 Å². The molecular formula is C13H18N2O. The van der Waals surface area contributed by atoms with Crippen LogP contribution in [0.5, 0.6) is 5.75 Å². The molecule has 0 bridgehead atoms. The summed E-state index contributed by atoms with van der Waals surface area (Å²) in [4.78, 5) is 0. The highest BCUT2D eigenvalue weighted by Gasteiger charge is 2.04. The van der Waals surface area contributed by atoms with Crippen LogP contribution in [-0.4, -0.2) is 13.7 Å². The Kier molecular flexibility index (Phi) is 4.81. The molecule has 1 aromatic rings. The van der Waals surface area contributed by atoms with Gasteiger partial charge in [0.25, 0.3) is 0 Å². The van der Waals surface area contributed by atoms with Crippen LogP contribution in [-0.2, 0) is 6.54 Å². The number of benzene rings is 1. The topological polar surface area (TPSA) is 45.0 Å². The van der Waals surface area contributed by atoms with Gasteiger partial charge in [-0.3, -0.25) is 0 Å². The van der Waals surface area contributed by atoms with Crippen LogP contribution in [0.4, 0.5) is 0 Å². The lowest BCUT2D eigenvalue weighted by Crippen LogP contribution is -2.20. The predicted octanol–water partition coefficient (Wildman–Crippen LogP) is 2.25. The summed E-state index contributed by atoms with van der Waals surface area (Å²) in [7, 11) is 1.67. The van der Waals surface area contributed by atoms with Crippen molar-refractivity contribution in [2.75, 3.05) is 13.7 Å². The molecule has 86 valence electrons. The van der Waals surface area contributed by atoms with E-state index < -0.39 is 0 Å². The van der Waals surface area contributed by atoms with Gasteiger partial charge in [0.15, 0.2) is 0 Å². The van der Waals surface area contributed by atoms with Gasteiger partial charge in [-0.2, -0.15) is 5.26 Å². The lowest BCUT2D eigenvalue weighted by atomic mass is 10.1. The van der Waals surface area contributed by atoms with Gasteiger partial charge in [0.05, 0.1) is 19.1 Å². The summed E-state index contributed by atoms with van der Waals surface area (Å²) in [5, 5.41) is 11.9. The molecule has 3 nitrogen and oxygen atoms in total. The maximum absolute atomic E-state index is 8.66. The lowest BCUT2D eigenvalue weighted by molar-refractivity contribution is 0.407. The highest BCUT2D eigenvalue weighted by molar-refractivity contribution is 5.36. The molecule has 0 aliphatic carbocycles. The number of nitriles is 1. The van der Waals surface area contributed by atoms with Gasteiger partial charge in [0.1, 0.15) is 5.75 Å². The van der Waals surface area contributed by atoms with Crippen LogP contribution in [0.2, 0.25) is 0 Å². The number of ether oxygens (including phenoxy) is 1. The molecule has 1 N–H and O–H groups in total. The standard InChI is InChI=1S/C13H18N2O/c1-10-4-5-13(16-3)12(6-10)9-15-8-11(2)7-14/h4-6,11,15H,8-9H2,1-3H3. The lowest BCUT2D eigenvalue weighted by Gasteiger charge is -2.11. The first kappa shape index (κ1) is 12.5. The normalized spacial score (nSPS) is 11.9. The van der Waals surface area contributed by atoms with Crippen molar-refractivity contribution in [1.82, 2.24) is 5.32 Å². The van der Waals surface area contributed by atoms with Crippen molar-refractivity contribution in [1.29, 1.82) is 5.26 Å². The smallest absolute Gasteiger partial charge is 0.123 e. The molecule has 3 heteroatoms. The zero-order valence-electron chi connectivity index (χ0n) is 10.1. The van der Waals surface area contributed by atoms with Gasteiger partial charge in [-0.05, 0) is 19.9 Å². The van der Waals surface area contributed by atoms with Gasteiger partial charge >= 0.3 is 0 Å². The highest BCUT2D eigenvalue weighted by atomic mass is 16.5. The Balaban J connectivity index is 2.59. The molecule has 0 saturated carbocycles. The van der Waals surface area contributed by atoms with Crippen LogP contribution in [0, 0.1) is 24.2 Å². The minimum Gasteiger partial charge on any atom is -0.496 e. The summed E-state index contributed by atoms with van der Waals surface area (Å²) in [5.74, 6) is 0.929. The number of hydrogen-bond acceptors (Lipinski definition) is 3. The molecule has 0 spiro atoms. The van der Waals surface area contributed by atoms with Crippen molar-refractivity contribution in [3.8, 4) is 11.8 Å². The predicted molar refractivity (Wildman–Crippen MR) is 64.2 cm³/mol. The Morgan fingerprint density at radius 3 is 2.88 bits per heavy atom. The van der Waals surface area contributed by atoms with E-state index in [0.717, 1.165) is 17.9 Å². The molecule has 0 heterocycles. The first-order chi connectivity index (χ1) is 7.67. The van der Waals surface area contributed by atoms with Gasteiger partial charge in [0.2, 0.25) is 0 Å². The van der Waals surface area contributed by atoms with Crippen molar-refractivity contribution in [2.24, 2.45) is 5.92 Å². The Hall–Kier alpha value is -1.53. The third kappa shape index (κ3) is 3.56. The molecule has 1 aromatic carbocycles. The van der Waals surface area contributed by atoms with Crippen LogP contribution >= 0.6 is 0 Å². The fourth-order valence-corrected chi connectivity index (χ4v) is 1.51. The van der Waals surface area contributed by atoms with E-state index in [1.54, 1.807) is 7.11 Å². The van der Waals surface area contributed by atoms with E-state index in [1.165, 1.54) is 5.56 Å². The second-order valence-corrected chi connectivity index (χ2v) is 3.98. The summed E-state index contributed by atoms with van der Waals surface area (Å²) >= 11 is 0. The fraction of sp³-hybridized carbons (Fsp3) is 0.462. The van der Waals surface area contributed by atoms with E-state index in [2.05, 4.69) is 24.4 Å². The zero-order valence-corrected chi connectivity index (χ0v) is 10.1. The van der Waals surface area contributed by atoms with E-state index in [1.807, 2.05) is 19.1 Å². The number of nitrogens with zero attached hydrogens (tertiary/aromatic N) is 1. The minimum atomic E-state index is 0.0378. The summed E-state index contributed by atoms with van der Waals surface area (Å²) in [6.45, 7) is 5.39. The minimum absolute atomic E-state index is 0.0378. The van der Waals surface area contributed by atoms with Crippen molar-refractivity contribution in [3.63, 3.8) is 0 Å². The Labute approximate surface area is 97.0 Å². The molecule has 0 aliphatic rings. The number of hydrogen-bond donors (Lipinski definition) is 1. The van der Waals surface area contributed by atoms with Crippen molar-refractivity contribution < 1.29 is 4.74 Å². The fourth-order valence-electron chi connectivity index (χ4n) is 1.51. The number of rotatable bonds is 5. The second kappa shape index (κ2) is 6.14. The van der Waals surface area contributed by atoms with E-state index in [0.29, 0.717) is 6.54 Å². The molecule has 0 radical (unpaired) electrons. The Bertz CT molecular complexity index is 382. The van der Waals surface area contributed by atoms with Gasteiger partial charge in [-0.25, -0.2) is 0 Å². The third-order valence-corrected chi connectivity index (χ3v) is 2.42. The Morgan fingerprint density at radius 1 is 1.50 bits per heavy atom. The second-order valence-electron chi connectivity index (χ2n) is 3.98. The van der Waals surface area contributed by atoms with E-state index in [-0.39, 0.29) is 5.92 Å². The van der Waals surface area contributed by atoms with E-state index in [4.69, 9.17) is 10.00 Å². The molecule has 1 rings (SSSR count). The average molecular weight is 218 g/mol. The van der Waals surface area contributed by atoms with Crippen molar-refractivity contribution >= 4 is 0 Å². The summed E-state index contributed by atoms with van der Waals surface area (Å²) in [5.41, 5.74) is 2.35. The summed E-state index contributed by atoms with van der Waals surface area (Å²) in [6.07, 6.45) is 0. The third-order valence-electron chi connectivity index (χ3n) is 2.42. The van der Waals surface area contributed by atoms with Gasteiger partial charge < -0.3 is 10.1 Å². The molecule has 0 fully saturated rings. The molecule has 1 atom stereocenters. The summed E-state index contributed by atoms with van der Waals surface area (Å²) in [6, 6.07) is 8.30. The maximum atomic E-state index is 8.66. The number of methoxy groups -OCH3 is 1. The first-order valence-electron chi connectivity index (χ1n) is 5.41. The van der Waals surface area contributed by atoms with E-state index in [9.17, 15) is 0 Å². The molecular weight excluding hydrogens is 200 g/mol.